The predicted molar refractivity (Wildman–Crippen MR) is 88.9 cm³/mol. The first kappa shape index (κ1) is 17.3. The van der Waals surface area contributed by atoms with Gasteiger partial charge in [0.1, 0.15) is 0 Å². The average molecular weight is 353 g/mol. The molecule has 1 aromatic rings. The first-order chi connectivity index (χ1) is 11.4. The number of rotatable bonds is 5. The third-order valence-electron chi connectivity index (χ3n) is 4.81. The number of nitrogens with one attached hydrogen (secondary N) is 1. The van der Waals surface area contributed by atoms with Gasteiger partial charge >= 0.3 is 0 Å². The van der Waals surface area contributed by atoms with Gasteiger partial charge in [0.25, 0.3) is 5.91 Å². The standard InChI is InChI=1S/C16H23N3O4S/c1-11(2)24(21,22)19-8-14-13(10-23-15(14)9-19)7-18-16(20)12-4-3-5-17-6-12/h3-6,11,13-15H,7-10H2,1-2H3,(H,18,20)/t13-,14+,15+/m0/s1. The smallest absolute Gasteiger partial charge is 0.252 e. The number of aromatic nitrogens is 1. The Balaban J connectivity index is 1.58. The molecule has 0 saturated carbocycles. The van der Waals surface area contributed by atoms with Crippen molar-refractivity contribution in [3.8, 4) is 0 Å². The highest BCUT2D eigenvalue weighted by molar-refractivity contribution is 7.89. The molecule has 2 saturated heterocycles. The molecule has 0 spiro atoms. The van der Waals surface area contributed by atoms with Crippen molar-refractivity contribution < 1.29 is 17.9 Å². The topological polar surface area (TPSA) is 88.6 Å². The number of nitrogens with zero attached hydrogens (tertiary/aromatic N) is 2. The zero-order chi connectivity index (χ0) is 17.3. The van der Waals surface area contributed by atoms with Gasteiger partial charge in [0.2, 0.25) is 10.0 Å². The number of pyridine rings is 1. The number of sulfonamides is 1. The van der Waals surface area contributed by atoms with Crippen LogP contribution in [0.2, 0.25) is 0 Å². The van der Waals surface area contributed by atoms with Crippen LogP contribution in [0.15, 0.2) is 24.5 Å². The molecule has 3 heterocycles. The Kier molecular flexibility index (Phi) is 4.89. The van der Waals surface area contributed by atoms with Crippen LogP contribution >= 0.6 is 0 Å². The van der Waals surface area contributed by atoms with E-state index in [1.165, 1.54) is 10.5 Å². The fraction of sp³-hybridized carbons (Fsp3) is 0.625. The molecular weight excluding hydrogens is 330 g/mol. The van der Waals surface area contributed by atoms with Crippen LogP contribution in [0.1, 0.15) is 24.2 Å². The highest BCUT2D eigenvalue weighted by atomic mass is 32.2. The summed E-state index contributed by atoms with van der Waals surface area (Å²) in [5, 5.41) is 2.47. The van der Waals surface area contributed by atoms with Crippen LogP contribution in [0.4, 0.5) is 0 Å². The van der Waals surface area contributed by atoms with E-state index in [9.17, 15) is 13.2 Å². The second kappa shape index (κ2) is 6.78. The number of hydrogen-bond acceptors (Lipinski definition) is 5. The summed E-state index contributed by atoms with van der Waals surface area (Å²) in [7, 11) is -3.26. The molecule has 0 unspecified atom stereocenters. The summed E-state index contributed by atoms with van der Waals surface area (Å²) in [5.41, 5.74) is 0.517. The van der Waals surface area contributed by atoms with Gasteiger partial charge in [-0.1, -0.05) is 0 Å². The maximum Gasteiger partial charge on any atom is 0.252 e. The number of fused-ring (bicyclic) bond motifs is 1. The number of ether oxygens (including phenoxy) is 1. The van der Waals surface area contributed by atoms with E-state index >= 15 is 0 Å². The highest BCUT2D eigenvalue weighted by Gasteiger charge is 2.47. The number of carbonyl (C=O) groups excluding carboxylic acids is 1. The molecule has 2 aliphatic heterocycles. The molecular formula is C16H23N3O4S. The van der Waals surface area contributed by atoms with Crippen molar-refractivity contribution in [2.24, 2.45) is 11.8 Å². The molecule has 0 bridgehead atoms. The third kappa shape index (κ3) is 3.31. The van der Waals surface area contributed by atoms with E-state index in [0.29, 0.717) is 31.8 Å². The normalized spacial score (nSPS) is 27.4. The maximum absolute atomic E-state index is 12.3. The van der Waals surface area contributed by atoms with Crippen molar-refractivity contribution in [1.29, 1.82) is 0 Å². The monoisotopic (exact) mass is 353 g/mol. The van der Waals surface area contributed by atoms with Crippen molar-refractivity contribution in [2.45, 2.75) is 25.2 Å². The largest absolute Gasteiger partial charge is 0.376 e. The van der Waals surface area contributed by atoms with Crippen molar-refractivity contribution in [2.75, 3.05) is 26.2 Å². The third-order valence-corrected chi connectivity index (χ3v) is 7.02. The molecule has 3 atom stereocenters. The lowest BCUT2D eigenvalue weighted by molar-refractivity contribution is 0.0932. The van der Waals surface area contributed by atoms with Crippen LogP contribution in [-0.4, -0.2) is 61.2 Å². The van der Waals surface area contributed by atoms with E-state index in [0.717, 1.165) is 0 Å². The number of carbonyl (C=O) groups is 1. The van der Waals surface area contributed by atoms with Gasteiger partial charge in [-0.3, -0.25) is 9.78 Å². The van der Waals surface area contributed by atoms with Gasteiger partial charge in [0.05, 0.1) is 23.5 Å². The van der Waals surface area contributed by atoms with Crippen molar-refractivity contribution in [3.05, 3.63) is 30.1 Å². The first-order valence-electron chi connectivity index (χ1n) is 8.18. The van der Waals surface area contributed by atoms with Crippen LogP contribution in [0.5, 0.6) is 0 Å². The number of amides is 1. The van der Waals surface area contributed by atoms with Gasteiger partial charge in [-0.2, -0.15) is 4.31 Å². The quantitative estimate of drug-likeness (QED) is 0.833. The summed E-state index contributed by atoms with van der Waals surface area (Å²) in [5.74, 6) is 0.0897. The van der Waals surface area contributed by atoms with Crippen LogP contribution in [0.25, 0.3) is 0 Å². The highest BCUT2D eigenvalue weighted by Crippen LogP contribution is 2.35. The van der Waals surface area contributed by atoms with Gasteiger partial charge < -0.3 is 10.1 Å². The van der Waals surface area contributed by atoms with Gasteiger partial charge in [-0.05, 0) is 26.0 Å². The molecule has 0 radical (unpaired) electrons. The molecule has 1 aromatic heterocycles. The zero-order valence-electron chi connectivity index (χ0n) is 13.9. The van der Waals surface area contributed by atoms with E-state index in [-0.39, 0.29) is 23.8 Å². The van der Waals surface area contributed by atoms with Gasteiger partial charge in [-0.25, -0.2) is 8.42 Å². The molecule has 0 aromatic carbocycles. The van der Waals surface area contributed by atoms with Gasteiger partial charge in [0, 0.05) is 43.9 Å². The van der Waals surface area contributed by atoms with Crippen LogP contribution in [0.3, 0.4) is 0 Å². The summed E-state index contributed by atoms with van der Waals surface area (Å²) in [6.07, 6.45) is 3.07. The van der Waals surface area contributed by atoms with E-state index in [1.807, 2.05) is 0 Å². The van der Waals surface area contributed by atoms with E-state index in [1.54, 1.807) is 32.2 Å². The Bertz CT molecular complexity index is 693. The maximum atomic E-state index is 12.3. The average Bonchev–Trinajstić information content (AvgIpc) is 3.14. The van der Waals surface area contributed by atoms with Crippen LogP contribution < -0.4 is 5.32 Å². The Hall–Kier alpha value is -1.51. The fourth-order valence-electron chi connectivity index (χ4n) is 3.30. The van der Waals surface area contributed by atoms with E-state index in [2.05, 4.69) is 10.3 Å². The summed E-state index contributed by atoms with van der Waals surface area (Å²) in [6, 6.07) is 3.43. The zero-order valence-corrected chi connectivity index (χ0v) is 14.7. The fourth-order valence-corrected chi connectivity index (χ4v) is 4.63. The van der Waals surface area contributed by atoms with Crippen molar-refractivity contribution >= 4 is 15.9 Å². The Morgan fingerprint density at radius 2 is 2.25 bits per heavy atom. The minimum Gasteiger partial charge on any atom is -0.376 e. The molecule has 24 heavy (non-hydrogen) atoms. The summed E-state index contributed by atoms with van der Waals surface area (Å²) in [6.45, 7) is 5.30. The lowest BCUT2D eigenvalue weighted by Crippen LogP contribution is -2.37. The molecule has 1 N–H and O–H groups in total. The Morgan fingerprint density at radius 1 is 1.46 bits per heavy atom. The first-order valence-corrected chi connectivity index (χ1v) is 9.68. The van der Waals surface area contributed by atoms with Crippen molar-refractivity contribution in [3.63, 3.8) is 0 Å². The minimum absolute atomic E-state index is 0.0705. The molecule has 2 aliphatic rings. The summed E-state index contributed by atoms with van der Waals surface area (Å²) < 4.78 is 31.9. The molecule has 2 fully saturated rings. The Morgan fingerprint density at radius 3 is 2.92 bits per heavy atom. The molecule has 3 rings (SSSR count). The summed E-state index contributed by atoms with van der Waals surface area (Å²) >= 11 is 0. The van der Waals surface area contributed by atoms with E-state index < -0.39 is 15.3 Å². The molecule has 0 aliphatic carbocycles. The van der Waals surface area contributed by atoms with Crippen molar-refractivity contribution in [1.82, 2.24) is 14.6 Å². The lowest BCUT2D eigenvalue weighted by Gasteiger charge is -2.21. The van der Waals surface area contributed by atoms with Crippen LogP contribution in [-0.2, 0) is 14.8 Å². The minimum atomic E-state index is -3.26. The number of hydrogen-bond donors (Lipinski definition) is 1. The van der Waals surface area contributed by atoms with E-state index in [4.69, 9.17) is 4.74 Å². The second-order valence-corrected chi connectivity index (χ2v) is 9.15. The van der Waals surface area contributed by atoms with Gasteiger partial charge in [-0.15, -0.1) is 0 Å². The van der Waals surface area contributed by atoms with Gasteiger partial charge in [0.15, 0.2) is 0 Å². The summed E-state index contributed by atoms with van der Waals surface area (Å²) in [4.78, 5) is 16.0. The molecule has 7 nitrogen and oxygen atoms in total. The SMILES string of the molecule is CC(C)S(=O)(=O)N1C[C@@H]2[C@@H](CNC(=O)c3cccnc3)CO[C@@H]2C1. The van der Waals surface area contributed by atoms with Crippen LogP contribution in [0, 0.1) is 11.8 Å². The Labute approximate surface area is 142 Å². The second-order valence-electron chi connectivity index (χ2n) is 6.66. The molecule has 1 amide bonds. The lowest BCUT2D eigenvalue weighted by atomic mass is 9.93. The predicted octanol–water partition coefficient (Wildman–Crippen LogP) is 0.496. The molecule has 132 valence electrons. The molecule has 8 heteroatoms.